The summed E-state index contributed by atoms with van der Waals surface area (Å²) in [6.07, 6.45) is 3.91. The Bertz CT molecular complexity index is 971. The van der Waals surface area contributed by atoms with Crippen molar-refractivity contribution >= 4 is 5.91 Å². The minimum Gasteiger partial charge on any atom is -0.334 e. The first-order valence-electron chi connectivity index (χ1n) is 10.0. The second kappa shape index (κ2) is 8.15. The number of nitrogens with zero attached hydrogens (tertiary/aromatic N) is 3. The van der Waals surface area contributed by atoms with Crippen LogP contribution in [0.4, 0.5) is 4.39 Å². The van der Waals surface area contributed by atoms with E-state index >= 15 is 0 Å². The van der Waals surface area contributed by atoms with Gasteiger partial charge in [0.05, 0.1) is 0 Å². The van der Waals surface area contributed by atoms with Gasteiger partial charge in [-0.05, 0) is 62.4 Å². The van der Waals surface area contributed by atoms with Crippen LogP contribution in [0, 0.1) is 5.82 Å². The van der Waals surface area contributed by atoms with Gasteiger partial charge >= 0.3 is 0 Å². The Morgan fingerprint density at radius 2 is 1.90 bits per heavy atom. The number of likely N-dealkylation sites (tertiary alicyclic amines) is 1. The van der Waals surface area contributed by atoms with Crippen molar-refractivity contribution in [3.05, 3.63) is 71.8 Å². The second-order valence-electron chi connectivity index (χ2n) is 7.69. The molecule has 150 valence electrons. The number of carbonyl (C=O) groups excluding carboxylic acids is 1. The smallest absolute Gasteiger partial charge is 0.258 e. The molecule has 4 rings (SSSR count). The number of aromatic nitrogens is 2. The summed E-state index contributed by atoms with van der Waals surface area (Å²) in [5.74, 6) is 0.625. The highest BCUT2D eigenvalue weighted by Gasteiger charge is 2.42. The number of benzene rings is 2. The third-order valence-electron chi connectivity index (χ3n) is 5.66. The van der Waals surface area contributed by atoms with Gasteiger partial charge in [-0.2, -0.15) is 4.98 Å². The van der Waals surface area contributed by atoms with E-state index in [1.54, 1.807) is 12.1 Å². The second-order valence-corrected chi connectivity index (χ2v) is 7.69. The highest BCUT2D eigenvalue weighted by Crippen LogP contribution is 2.37. The van der Waals surface area contributed by atoms with Crippen molar-refractivity contribution in [1.82, 2.24) is 15.0 Å². The molecule has 1 aliphatic rings. The Labute approximate surface area is 169 Å². The first-order valence-corrected chi connectivity index (χ1v) is 10.0. The summed E-state index contributed by atoms with van der Waals surface area (Å²) in [5.41, 5.74) is 1.21. The van der Waals surface area contributed by atoms with Crippen LogP contribution in [-0.2, 0) is 16.8 Å². The summed E-state index contributed by atoms with van der Waals surface area (Å²) in [6, 6.07) is 16.0. The number of hydrogen-bond donors (Lipinski definition) is 0. The number of piperidine rings is 1. The molecule has 1 aliphatic heterocycles. The molecule has 6 heteroatoms. The van der Waals surface area contributed by atoms with E-state index in [0.717, 1.165) is 24.8 Å². The summed E-state index contributed by atoms with van der Waals surface area (Å²) in [4.78, 5) is 19.5. The van der Waals surface area contributed by atoms with Gasteiger partial charge in [-0.3, -0.25) is 4.79 Å². The molecule has 3 aromatic rings. The fourth-order valence-corrected chi connectivity index (χ4v) is 3.94. The Hall–Kier alpha value is -3.02. The van der Waals surface area contributed by atoms with Crippen molar-refractivity contribution in [2.75, 3.05) is 6.54 Å². The first kappa shape index (κ1) is 19.3. The van der Waals surface area contributed by atoms with E-state index in [9.17, 15) is 9.18 Å². The predicted octanol–water partition coefficient (Wildman–Crippen LogP) is 4.74. The lowest BCUT2D eigenvalue weighted by molar-refractivity contribution is -0.140. The SMILES string of the molecule is CC1(c2noc(-c3ccc(F)cc3)n2)CCCCN1C(=O)CCc1ccccc1. The fourth-order valence-electron chi connectivity index (χ4n) is 3.94. The highest BCUT2D eigenvalue weighted by atomic mass is 19.1. The van der Waals surface area contributed by atoms with Gasteiger partial charge in [0, 0.05) is 18.5 Å². The number of amides is 1. The monoisotopic (exact) mass is 393 g/mol. The van der Waals surface area contributed by atoms with Gasteiger partial charge in [-0.25, -0.2) is 4.39 Å². The lowest BCUT2D eigenvalue weighted by atomic mass is 9.87. The van der Waals surface area contributed by atoms with Gasteiger partial charge in [0.15, 0.2) is 5.82 Å². The van der Waals surface area contributed by atoms with Gasteiger partial charge in [-0.1, -0.05) is 35.5 Å². The van der Waals surface area contributed by atoms with Gasteiger partial charge in [0.2, 0.25) is 5.91 Å². The van der Waals surface area contributed by atoms with Gasteiger partial charge in [0.1, 0.15) is 11.4 Å². The number of aryl methyl sites for hydroxylation is 1. The third-order valence-corrected chi connectivity index (χ3v) is 5.66. The van der Waals surface area contributed by atoms with Crippen LogP contribution in [0.15, 0.2) is 59.1 Å². The molecule has 1 saturated heterocycles. The highest BCUT2D eigenvalue weighted by molar-refractivity contribution is 5.77. The van der Waals surface area contributed by atoms with Crippen molar-refractivity contribution in [3.63, 3.8) is 0 Å². The number of hydrogen-bond acceptors (Lipinski definition) is 4. The quantitative estimate of drug-likeness (QED) is 0.628. The number of carbonyl (C=O) groups is 1. The van der Waals surface area contributed by atoms with E-state index < -0.39 is 5.54 Å². The largest absolute Gasteiger partial charge is 0.334 e. The molecule has 5 nitrogen and oxygen atoms in total. The van der Waals surface area contributed by atoms with E-state index in [2.05, 4.69) is 10.1 Å². The number of rotatable bonds is 5. The van der Waals surface area contributed by atoms with E-state index in [-0.39, 0.29) is 11.7 Å². The van der Waals surface area contributed by atoms with E-state index in [1.165, 1.54) is 12.1 Å². The average molecular weight is 393 g/mol. The zero-order chi connectivity index (χ0) is 20.3. The summed E-state index contributed by atoms with van der Waals surface area (Å²) in [7, 11) is 0. The van der Waals surface area contributed by atoms with E-state index in [0.29, 0.717) is 36.7 Å². The molecule has 1 atom stereocenters. The fraction of sp³-hybridized carbons (Fsp3) is 0.348. The normalized spacial score (nSPS) is 19.3. The van der Waals surface area contributed by atoms with Crippen LogP contribution in [0.25, 0.3) is 11.5 Å². The molecule has 0 N–H and O–H groups in total. The van der Waals surface area contributed by atoms with Crippen LogP contribution in [0.5, 0.6) is 0 Å². The van der Waals surface area contributed by atoms with Crippen molar-refractivity contribution in [2.45, 2.75) is 44.6 Å². The van der Waals surface area contributed by atoms with Crippen molar-refractivity contribution in [1.29, 1.82) is 0 Å². The molecule has 2 heterocycles. The van der Waals surface area contributed by atoms with Crippen LogP contribution in [0.1, 0.15) is 44.0 Å². The molecule has 29 heavy (non-hydrogen) atoms. The maximum absolute atomic E-state index is 13.2. The number of halogens is 1. The molecular formula is C23H24FN3O2. The zero-order valence-electron chi connectivity index (χ0n) is 16.5. The van der Waals surface area contributed by atoms with Gasteiger partial charge in [-0.15, -0.1) is 0 Å². The van der Waals surface area contributed by atoms with E-state index in [1.807, 2.05) is 42.2 Å². The van der Waals surface area contributed by atoms with Gasteiger partial charge in [0.25, 0.3) is 5.89 Å². The van der Waals surface area contributed by atoms with Crippen LogP contribution >= 0.6 is 0 Å². The van der Waals surface area contributed by atoms with Gasteiger partial charge < -0.3 is 9.42 Å². The molecule has 0 bridgehead atoms. The molecule has 1 fully saturated rings. The summed E-state index contributed by atoms with van der Waals surface area (Å²) >= 11 is 0. The molecule has 0 saturated carbocycles. The Morgan fingerprint density at radius 1 is 1.14 bits per heavy atom. The summed E-state index contributed by atoms with van der Waals surface area (Å²) in [5, 5.41) is 4.19. The van der Waals surface area contributed by atoms with Crippen LogP contribution in [-0.4, -0.2) is 27.5 Å². The van der Waals surface area contributed by atoms with Crippen molar-refractivity contribution < 1.29 is 13.7 Å². The minimum atomic E-state index is -0.603. The van der Waals surface area contributed by atoms with Crippen LogP contribution in [0.2, 0.25) is 0 Å². The Morgan fingerprint density at radius 3 is 2.66 bits per heavy atom. The zero-order valence-corrected chi connectivity index (χ0v) is 16.5. The molecular weight excluding hydrogens is 369 g/mol. The minimum absolute atomic E-state index is 0.101. The lowest BCUT2D eigenvalue weighted by Crippen LogP contribution is -2.51. The van der Waals surface area contributed by atoms with Crippen LogP contribution in [0.3, 0.4) is 0 Å². The maximum Gasteiger partial charge on any atom is 0.258 e. The third kappa shape index (κ3) is 4.06. The van der Waals surface area contributed by atoms with Crippen molar-refractivity contribution in [3.8, 4) is 11.5 Å². The van der Waals surface area contributed by atoms with Crippen LogP contribution < -0.4 is 0 Å². The molecule has 0 spiro atoms. The molecule has 0 radical (unpaired) electrons. The Kier molecular flexibility index (Phi) is 5.43. The average Bonchev–Trinajstić information content (AvgIpc) is 3.25. The molecule has 1 amide bonds. The molecule has 1 aromatic heterocycles. The standard InChI is InChI=1S/C23H24FN3O2/c1-23(22-25-21(29-26-22)18-10-12-19(24)13-11-18)15-5-6-16-27(23)20(28)14-9-17-7-3-2-4-8-17/h2-4,7-8,10-13H,5-6,9,14-16H2,1H3. The maximum atomic E-state index is 13.2. The summed E-state index contributed by atoms with van der Waals surface area (Å²) in [6.45, 7) is 2.69. The topological polar surface area (TPSA) is 59.2 Å². The summed E-state index contributed by atoms with van der Waals surface area (Å²) < 4.78 is 18.6. The first-order chi connectivity index (χ1) is 14.1. The Balaban J connectivity index is 1.54. The van der Waals surface area contributed by atoms with E-state index in [4.69, 9.17) is 4.52 Å². The predicted molar refractivity (Wildman–Crippen MR) is 107 cm³/mol. The lowest BCUT2D eigenvalue weighted by Gasteiger charge is -2.42. The van der Waals surface area contributed by atoms with Crippen molar-refractivity contribution in [2.24, 2.45) is 0 Å². The molecule has 0 aliphatic carbocycles. The molecule has 2 aromatic carbocycles. The molecule has 1 unspecified atom stereocenters.